The molecule has 2 aromatic rings. The zero-order chi connectivity index (χ0) is 19.3. The van der Waals surface area contributed by atoms with Gasteiger partial charge in [0.2, 0.25) is 10.0 Å². The summed E-state index contributed by atoms with van der Waals surface area (Å²) in [5.41, 5.74) is 2.12. The van der Waals surface area contributed by atoms with Crippen LogP contribution in [0.3, 0.4) is 0 Å². The lowest BCUT2D eigenvalue weighted by Crippen LogP contribution is -2.52. The van der Waals surface area contributed by atoms with Crippen LogP contribution < -0.4 is 15.4 Å². The third kappa shape index (κ3) is 5.21. The molecule has 1 aliphatic heterocycles. The Morgan fingerprint density at radius 3 is 2.19 bits per heavy atom. The number of primary sulfonamides is 1. The van der Waals surface area contributed by atoms with Gasteiger partial charge in [-0.3, -0.25) is 0 Å². The van der Waals surface area contributed by atoms with E-state index in [0.29, 0.717) is 26.1 Å². The van der Waals surface area contributed by atoms with Crippen molar-refractivity contribution < 1.29 is 13.2 Å². The third-order valence-electron chi connectivity index (χ3n) is 4.63. The van der Waals surface area contributed by atoms with Gasteiger partial charge in [-0.2, -0.15) is 0 Å². The second-order valence-corrected chi connectivity index (χ2v) is 8.04. The number of nitrogens with zero attached hydrogens (tertiary/aromatic N) is 2. The quantitative estimate of drug-likeness (QED) is 0.809. The van der Waals surface area contributed by atoms with E-state index in [9.17, 15) is 13.2 Å². The highest BCUT2D eigenvalue weighted by atomic mass is 32.2. The first-order valence-corrected chi connectivity index (χ1v) is 10.4. The molecule has 1 saturated heterocycles. The topological polar surface area (TPSA) is 95.7 Å². The molecule has 0 unspecified atom stereocenters. The van der Waals surface area contributed by atoms with Gasteiger partial charge in [-0.25, -0.2) is 18.4 Å². The van der Waals surface area contributed by atoms with Crippen molar-refractivity contribution in [2.45, 2.75) is 11.3 Å². The second kappa shape index (κ2) is 8.41. The van der Waals surface area contributed by atoms with Crippen molar-refractivity contribution in [1.29, 1.82) is 0 Å². The number of nitrogens with one attached hydrogen (secondary N) is 1. The Morgan fingerprint density at radius 2 is 1.59 bits per heavy atom. The summed E-state index contributed by atoms with van der Waals surface area (Å²) >= 11 is 0. The molecular weight excluding hydrogens is 364 g/mol. The Labute approximate surface area is 159 Å². The number of amides is 2. The molecule has 0 aliphatic carbocycles. The Morgan fingerprint density at radius 1 is 0.963 bits per heavy atom. The number of rotatable bonds is 5. The number of urea groups is 1. The van der Waals surface area contributed by atoms with Crippen molar-refractivity contribution >= 4 is 21.7 Å². The van der Waals surface area contributed by atoms with E-state index in [1.54, 1.807) is 12.1 Å². The van der Waals surface area contributed by atoms with Crippen LogP contribution in [0.4, 0.5) is 10.5 Å². The molecule has 0 aromatic heterocycles. The standard InChI is InChI=1S/C19H24N4O3S/c20-27(25,26)18-8-6-16(7-9-18)10-11-21-19(24)23-14-12-22(13-15-23)17-4-2-1-3-5-17/h1-9H,10-15H2,(H,21,24)(H2,20,25,26). The van der Waals surface area contributed by atoms with Crippen LogP contribution in [0.2, 0.25) is 0 Å². The number of anilines is 1. The molecule has 1 heterocycles. The predicted octanol–water partition coefficient (Wildman–Crippen LogP) is 1.41. The van der Waals surface area contributed by atoms with Crippen molar-refractivity contribution in [3.8, 4) is 0 Å². The van der Waals surface area contributed by atoms with Crippen LogP contribution in [0.5, 0.6) is 0 Å². The Kier molecular flexibility index (Phi) is 5.98. The Hall–Kier alpha value is -2.58. The normalized spacial score (nSPS) is 14.9. The van der Waals surface area contributed by atoms with E-state index in [-0.39, 0.29) is 10.9 Å². The summed E-state index contributed by atoms with van der Waals surface area (Å²) in [4.78, 5) is 16.5. The Bertz CT molecular complexity index is 862. The van der Waals surface area contributed by atoms with Gasteiger partial charge in [-0.05, 0) is 36.2 Å². The molecule has 8 heteroatoms. The summed E-state index contributed by atoms with van der Waals surface area (Å²) in [6.45, 7) is 3.49. The fourth-order valence-corrected chi connectivity index (χ4v) is 3.59. The largest absolute Gasteiger partial charge is 0.368 e. The molecule has 1 aliphatic rings. The highest BCUT2D eigenvalue weighted by Crippen LogP contribution is 2.15. The zero-order valence-electron chi connectivity index (χ0n) is 15.0. The molecule has 2 amide bonds. The van der Waals surface area contributed by atoms with Crippen LogP contribution in [0.15, 0.2) is 59.5 Å². The molecule has 144 valence electrons. The molecule has 3 N–H and O–H groups in total. The van der Waals surface area contributed by atoms with Crippen molar-refractivity contribution in [2.24, 2.45) is 5.14 Å². The molecule has 1 fully saturated rings. The highest BCUT2D eigenvalue weighted by molar-refractivity contribution is 7.89. The van der Waals surface area contributed by atoms with Gasteiger partial charge in [0.1, 0.15) is 0 Å². The molecule has 0 saturated carbocycles. The van der Waals surface area contributed by atoms with Gasteiger partial charge in [0.25, 0.3) is 0 Å². The van der Waals surface area contributed by atoms with E-state index in [0.717, 1.165) is 18.7 Å². The predicted molar refractivity (Wildman–Crippen MR) is 105 cm³/mol. The first kappa shape index (κ1) is 19.2. The molecule has 27 heavy (non-hydrogen) atoms. The SMILES string of the molecule is NS(=O)(=O)c1ccc(CCNC(=O)N2CCN(c3ccccc3)CC2)cc1. The van der Waals surface area contributed by atoms with Crippen molar-refractivity contribution in [1.82, 2.24) is 10.2 Å². The van der Waals surface area contributed by atoms with E-state index in [2.05, 4.69) is 22.3 Å². The number of nitrogens with two attached hydrogens (primary N) is 1. The van der Waals surface area contributed by atoms with Gasteiger partial charge in [0.15, 0.2) is 0 Å². The number of hydrogen-bond acceptors (Lipinski definition) is 4. The molecule has 7 nitrogen and oxygen atoms in total. The number of carbonyl (C=O) groups is 1. The summed E-state index contributed by atoms with van der Waals surface area (Å²) in [5.74, 6) is 0. The van der Waals surface area contributed by atoms with Crippen molar-refractivity contribution in [2.75, 3.05) is 37.6 Å². The van der Waals surface area contributed by atoms with E-state index in [4.69, 9.17) is 5.14 Å². The van der Waals surface area contributed by atoms with Crippen LogP contribution >= 0.6 is 0 Å². The fraction of sp³-hybridized carbons (Fsp3) is 0.316. The van der Waals surface area contributed by atoms with E-state index in [1.165, 1.54) is 17.8 Å². The highest BCUT2D eigenvalue weighted by Gasteiger charge is 2.20. The monoisotopic (exact) mass is 388 g/mol. The number of para-hydroxylation sites is 1. The number of benzene rings is 2. The minimum Gasteiger partial charge on any atom is -0.368 e. The molecule has 0 spiro atoms. The lowest BCUT2D eigenvalue weighted by atomic mass is 10.1. The second-order valence-electron chi connectivity index (χ2n) is 6.48. The molecule has 0 bridgehead atoms. The number of piperazine rings is 1. The van der Waals surface area contributed by atoms with Gasteiger partial charge in [0, 0.05) is 38.4 Å². The van der Waals surface area contributed by atoms with Crippen LogP contribution in [0, 0.1) is 0 Å². The average molecular weight is 388 g/mol. The maximum atomic E-state index is 12.3. The summed E-state index contributed by atoms with van der Waals surface area (Å²) in [6, 6.07) is 16.5. The average Bonchev–Trinajstić information content (AvgIpc) is 2.68. The number of hydrogen-bond donors (Lipinski definition) is 2. The van der Waals surface area contributed by atoms with Crippen molar-refractivity contribution in [3.63, 3.8) is 0 Å². The van der Waals surface area contributed by atoms with Gasteiger partial charge in [-0.1, -0.05) is 30.3 Å². The van der Waals surface area contributed by atoms with Crippen LogP contribution in [0.1, 0.15) is 5.56 Å². The summed E-state index contributed by atoms with van der Waals surface area (Å²) in [6.07, 6.45) is 0.626. The summed E-state index contributed by atoms with van der Waals surface area (Å²) in [7, 11) is -3.67. The van der Waals surface area contributed by atoms with E-state index in [1.807, 2.05) is 23.1 Å². The van der Waals surface area contributed by atoms with Gasteiger partial charge in [0.05, 0.1) is 4.90 Å². The molecule has 3 rings (SSSR count). The molecular formula is C19H24N4O3S. The Balaban J connectivity index is 1.42. The van der Waals surface area contributed by atoms with E-state index < -0.39 is 10.0 Å². The number of carbonyl (C=O) groups excluding carboxylic acids is 1. The molecule has 0 radical (unpaired) electrons. The molecule has 0 atom stereocenters. The van der Waals surface area contributed by atoms with Gasteiger partial charge < -0.3 is 15.1 Å². The van der Waals surface area contributed by atoms with Crippen LogP contribution in [0.25, 0.3) is 0 Å². The maximum Gasteiger partial charge on any atom is 0.317 e. The van der Waals surface area contributed by atoms with Crippen molar-refractivity contribution in [3.05, 3.63) is 60.2 Å². The van der Waals surface area contributed by atoms with Gasteiger partial charge in [-0.15, -0.1) is 0 Å². The molecule has 2 aromatic carbocycles. The lowest BCUT2D eigenvalue weighted by molar-refractivity contribution is 0.194. The fourth-order valence-electron chi connectivity index (χ4n) is 3.08. The zero-order valence-corrected chi connectivity index (χ0v) is 15.9. The minimum atomic E-state index is -3.67. The van der Waals surface area contributed by atoms with Gasteiger partial charge >= 0.3 is 6.03 Å². The van der Waals surface area contributed by atoms with E-state index >= 15 is 0 Å². The first-order valence-electron chi connectivity index (χ1n) is 8.88. The third-order valence-corrected chi connectivity index (χ3v) is 5.56. The van der Waals surface area contributed by atoms with Crippen LogP contribution in [-0.2, 0) is 16.4 Å². The first-order chi connectivity index (χ1) is 12.9. The maximum absolute atomic E-state index is 12.3. The number of sulfonamides is 1. The lowest BCUT2D eigenvalue weighted by Gasteiger charge is -2.36. The smallest absolute Gasteiger partial charge is 0.317 e. The van der Waals surface area contributed by atoms with Crippen LogP contribution in [-0.4, -0.2) is 52.1 Å². The summed E-state index contributed by atoms with van der Waals surface area (Å²) in [5, 5.41) is 8.01. The summed E-state index contributed by atoms with van der Waals surface area (Å²) < 4.78 is 22.5. The minimum absolute atomic E-state index is 0.0659.